The molecule has 0 saturated carbocycles. The molecule has 0 radical (unpaired) electrons. The largest absolute Gasteiger partial charge is 0.497 e. The number of halogens is 1. The molecule has 134 valence electrons. The number of methoxy groups -OCH3 is 2. The highest BCUT2D eigenvalue weighted by Crippen LogP contribution is 2.44. The number of carbonyl (C=O) groups excluding carboxylic acids is 1. The molecule has 24 heavy (non-hydrogen) atoms. The Labute approximate surface area is 150 Å². The van der Waals surface area contributed by atoms with Gasteiger partial charge in [0.1, 0.15) is 5.75 Å². The molecule has 0 aliphatic carbocycles. The third-order valence-corrected chi connectivity index (χ3v) is 5.22. The van der Waals surface area contributed by atoms with Crippen molar-refractivity contribution in [3.05, 3.63) is 29.8 Å². The molecule has 0 bridgehead atoms. The topological polar surface area (TPSA) is 42.0 Å². The summed E-state index contributed by atoms with van der Waals surface area (Å²) < 4.78 is 10.3. The molecular formula is C18H27ClN2O3. The second-order valence-electron chi connectivity index (χ2n) is 6.62. The van der Waals surface area contributed by atoms with Gasteiger partial charge in [-0.2, -0.15) is 0 Å². The third kappa shape index (κ3) is 3.68. The molecule has 1 amide bonds. The van der Waals surface area contributed by atoms with Crippen LogP contribution in [0, 0.1) is 11.8 Å². The lowest BCUT2D eigenvalue weighted by atomic mass is 9.89. The van der Waals surface area contributed by atoms with Crippen LogP contribution in [-0.2, 0) is 9.53 Å². The van der Waals surface area contributed by atoms with E-state index in [9.17, 15) is 4.79 Å². The van der Waals surface area contributed by atoms with Gasteiger partial charge < -0.3 is 14.4 Å². The van der Waals surface area contributed by atoms with Crippen molar-refractivity contribution in [3.8, 4) is 5.75 Å². The van der Waals surface area contributed by atoms with Crippen LogP contribution < -0.4 is 4.74 Å². The van der Waals surface area contributed by atoms with Crippen LogP contribution in [0.1, 0.15) is 18.0 Å². The molecule has 2 aliphatic rings. The minimum atomic E-state index is 0. The van der Waals surface area contributed by atoms with Crippen molar-refractivity contribution in [3.63, 3.8) is 0 Å². The van der Waals surface area contributed by atoms with E-state index in [2.05, 4.69) is 24.1 Å². The van der Waals surface area contributed by atoms with Gasteiger partial charge in [-0.05, 0) is 30.7 Å². The molecule has 0 N–H and O–H groups in total. The van der Waals surface area contributed by atoms with Crippen molar-refractivity contribution >= 4 is 18.3 Å². The van der Waals surface area contributed by atoms with E-state index >= 15 is 0 Å². The molecule has 0 aromatic heterocycles. The van der Waals surface area contributed by atoms with Crippen molar-refractivity contribution in [2.45, 2.75) is 12.5 Å². The summed E-state index contributed by atoms with van der Waals surface area (Å²) in [6.45, 7) is 3.29. The number of nitrogens with zero attached hydrogens (tertiary/aromatic N) is 2. The summed E-state index contributed by atoms with van der Waals surface area (Å²) in [4.78, 5) is 16.7. The second-order valence-corrected chi connectivity index (χ2v) is 6.62. The number of likely N-dealkylation sites (tertiary alicyclic amines) is 2. The number of amides is 1. The molecule has 2 heterocycles. The lowest BCUT2D eigenvalue weighted by molar-refractivity contribution is -0.131. The molecule has 2 fully saturated rings. The van der Waals surface area contributed by atoms with Gasteiger partial charge in [0.2, 0.25) is 5.91 Å². The number of benzene rings is 1. The van der Waals surface area contributed by atoms with E-state index in [0.29, 0.717) is 30.9 Å². The smallest absolute Gasteiger partial charge is 0.224 e. The Morgan fingerprint density at radius 3 is 2.50 bits per heavy atom. The van der Waals surface area contributed by atoms with Gasteiger partial charge in [-0.25, -0.2) is 0 Å². The molecule has 6 heteroatoms. The van der Waals surface area contributed by atoms with Gasteiger partial charge in [-0.15, -0.1) is 12.4 Å². The maximum atomic E-state index is 12.3. The quantitative estimate of drug-likeness (QED) is 0.813. The molecule has 5 nitrogen and oxygen atoms in total. The van der Waals surface area contributed by atoms with E-state index in [0.717, 1.165) is 25.4 Å². The lowest BCUT2D eigenvalue weighted by Crippen LogP contribution is -2.33. The highest BCUT2D eigenvalue weighted by atomic mass is 35.5. The predicted molar refractivity (Wildman–Crippen MR) is 95.7 cm³/mol. The Kier molecular flexibility index (Phi) is 6.49. The Morgan fingerprint density at radius 1 is 1.17 bits per heavy atom. The summed E-state index contributed by atoms with van der Waals surface area (Å²) in [5.41, 5.74) is 1.31. The number of hydrogen-bond acceptors (Lipinski definition) is 4. The van der Waals surface area contributed by atoms with E-state index in [1.807, 2.05) is 17.0 Å². The fourth-order valence-corrected chi connectivity index (χ4v) is 4.11. The first kappa shape index (κ1) is 19.0. The first-order valence-electron chi connectivity index (χ1n) is 8.25. The summed E-state index contributed by atoms with van der Waals surface area (Å²) in [5, 5.41) is 0. The summed E-state index contributed by atoms with van der Waals surface area (Å²) in [6, 6.07) is 8.72. The normalized spacial score (nSPS) is 26.1. The number of hydrogen-bond donors (Lipinski definition) is 0. The van der Waals surface area contributed by atoms with Gasteiger partial charge in [0.05, 0.1) is 20.1 Å². The lowest BCUT2D eigenvalue weighted by Gasteiger charge is -2.27. The van der Waals surface area contributed by atoms with Crippen molar-refractivity contribution in [1.29, 1.82) is 0 Å². The van der Waals surface area contributed by atoms with Gasteiger partial charge in [0.15, 0.2) is 0 Å². The molecule has 2 saturated heterocycles. The van der Waals surface area contributed by atoms with E-state index in [4.69, 9.17) is 9.47 Å². The van der Waals surface area contributed by atoms with Gasteiger partial charge in [0.25, 0.3) is 0 Å². The van der Waals surface area contributed by atoms with Gasteiger partial charge >= 0.3 is 0 Å². The molecule has 3 atom stereocenters. The summed E-state index contributed by atoms with van der Waals surface area (Å²) in [7, 11) is 5.51. The number of ether oxygens (including phenoxy) is 2. The highest BCUT2D eigenvalue weighted by Gasteiger charge is 2.46. The molecular weight excluding hydrogens is 328 g/mol. The van der Waals surface area contributed by atoms with E-state index in [-0.39, 0.29) is 18.3 Å². The Hall–Kier alpha value is -1.30. The van der Waals surface area contributed by atoms with Crippen molar-refractivity contribution in [2.24, 2.45) is 11.8 Å². The molecule has 3 rings (SSSR count). The predicted octanol–water partition coefficient (Wildman–Crippen LogP) is 2.21. The van der Waals surface area contributed by atoms with Crippen LogP contribution in [0.3, 0.4) is 0 Å². The van der Waals surface area contributed by atoms with Crippen molar-refractivity contribution in [2.75, 3.05) is 47.5 Å². The zero-order chi connectivity index (χ0) is 16.4. The number of fused-ring (bicyclic) bond motifs is 1. The average molecular weight is 355 g/mol. The minimum absolute atomic E-state index is 0. The minimum Gasteiger partial charge on any atom is -0.497 e. The maximum absolute atomic E-state index is 12.3. The van der Waals surface area contributed by atoms with Crippen LogP contribution in [0.25, 0.3) is 0 Å². The summed E-state index contributed by atoms with van der Waals surface area (Å²) in [6.07, 6.45) is 0.485. The molecule has 1 aromatic rings. The fourth-order valence-electron chi connectivity index (χ4n) is 4.11. The molecule has 2 aliphatic heterocycles. The monoisotopic (exact) mass is 354 g/mol. The van der Waals surface area contributed by atoms with E-state index in [1.165, 1.54) is 5.56 Å². The molecule has 0 unspecified atom stereocenters. The van der Waals surface area contributed by atoms with Crippen LogP contribution in [0.5, 0.6) is 5.75 Å². The van der Waals surface area contributed by atoms with Gasteiger partial charge in [-0.3, -0.25) is 9.69 Å². The SMILES string of the molecule is COCCC(=O)N1C[C@@H]2CN(C)[C@@H](c3ccc(OC)cc3)[C@@H]2C1.Cl. The average Bonchev–Trinajstić information content (AvgIpc) is 3.09. The summed E-state index contributed by atoms with van der Waals surface area (Å²) >= 11 is 0. The fraction of sp³-hybridized carbons (Fsp3) is 0.611. The first-order chi connectivity index (χ1) is 11.1. The number of carbonyl (C=O) groups is 1. The zero-order valence-corrected chi connectivity index (χ0v) is 15.4. The first-order valence-corrected chi connectivity index (χ1v) is 8.25. The Balaban J connectivity index is 0.00000208. The van der Waals surface area contributed by atoms with Crippen LogP contribution >= 0.6 is 12.4 Å². The van der Waals surface area contributed by atoms with E-state index < -0.39 is 0 Å². The van der Waals surface area contributed by atoms with Crippen LogP contribution in [-0.4, -0.2) is 63.2 Å². The van der Waals surface area contributed by atoms with Crippen molar-refractivity contribution < 1.29 is 14.3 Å². The summed E-state index contributed by atoms with van der Waals surface area (Å²) in [5.74, 6) is 2.18. The van der Waals surface area contributed by atoms with Crippen LogP contribution in [0.2, 0.25) is 0 Å². The standard InChI is InChI=1S/C18H26N2O3.ClH/c1-19-10-14-11-20(17(21)8-9-22-2)12-16(14)18(19)13-4-6-15(23-3)7-5-13;/h4-7,14,16,18H,8-12H2,1-3H3;1H/t14-,16+,18-;/m0./s1. The van der Waals surface area contributed by atoms with Gasteiger partial charge in [0, 0.05) is 38.7 Å². The third-order valence-electron chi connectivity index (χ3n) is 5.22. The van der Waals surface area contributed by atoms with Crippen LogP contribution in [0.15, 0.2) is 24.3 Å². The van der Waals surface area contributed by atoms with Crippen LogP contribution in [0.4, 0.5) is 0 Å². The zero-order valence-electron chi connectivity index (χ0n) is 14.6. The Bertz CT molecular complexity index is 552. The molecule has 1 aromatic carbocycles. The Morgan fingerprint density at radius 2 is 1.88 bits per heavy atom. The highest BCUT2D eigenvalue weighted by molar-refractivity contribution is 5.85. The van der Waals surface area contributed by atoms with Gasteiger partial charge in [-0.1, -0.05) is 12.1 Å². The second kappa shape index (κ2) is 8.19. The number of rotatable bonds is 5. The van der Waals surface area contributed by atoms with E-state index in [1.54, 1.807) is 14.2 Å². The maximum Gasteiger partial charge on any atom is 0.224 e. The van der Waals surface area contributed by atoms with Crippen molar-refractivity contribution in [1.82, 2.24) is 9.80 Å². The molecule has 0 spiro atoms.